The zero-order valence-corrected chi connectivity index (χ0v) is 13.1. The van der Waals surface area contributed by atoms with E-state index in [1.165, 1.54) is 32.4 Å². The third-order valence-electron chi connectivity index (χ3n) is 4.96. The van der Waals surface area contributed by atoms with Crippen molar-refractivity contribution in [2.24, 2.45) is 5.41 Å². The minimum Gasteiger partial charge on any atom is -0.353 e. The Morgan fingerprint density at radius 3 is 2.76 bits per heavy atom. The van der Waals surface area contributed by atoms with E-state index in [2.05, 4.69) is 15.2 Å². The fraction of sp³-hybridized carbons (Fsp3) is 0.688. The lowest BCUT2D eigenvalue weighted by atomic mass is 9.78. The van der Waals surface area contributed by atoms with Crippen LogP contribution in [-0.2, 0) is 6.54 Å². The van der Waals surface area contributed by atoms with Crippen LogP contribution >= 0.6 is 0 Å². The van der Waals surface area contributed by atoms with Gasteiger partial charge in [-0.15, -0.1) is 0 Å². The second-order valence-corrected chi connectivity index (χ2v) is 6.81. The first-order chi connectivity index (χ1) is 10.1. The summed E-state index contributed by atoms with van der Waals surface area (Å²) in [5.74, 6) is 0.0393. The molecule has 0 aliphatic carbocycles. The average Bonchev–Trinajstić information content (AvgIpc) is 3.07. The molecule has 0 radical (unpaired) electrons. The number of likely N-dealkylation sites (tertiary alicyclic amines) is 1. The molecule has 0 saturated carbocycles. The Kier molecular flexibility index (Phi) is 4.04. The number of rotatable bonds is 3. The molecule has 3 rings (SSSR count). The van der Waals surface area contributed by atoms with Gasteiger partial charge in [0.1, 0.15) is 5.69 Å². The summed E-state index contributed by atoms with van der Waals surface area (Å²) in [6.07, 6.45) is 3.93. The van der Waals surface area contributed by atoms with Gasteiger partial charge in [0.05, 0.1) is 0 Å². The van der Waals surface area contributed by atoms with Crippen LogP contribution in [0, 0.1) is 5.41 Å². The zero-order chi connectivity index (χ0) is 14.9. The van der Waals surface area contributed by atoms with Crippen LogP contribution in [-0.4, -0.2) is 61.0 Å². The van der Waals surface area contributed by atoms with Crippen molar-refractivity contribution in [1.29, 1.82) is 0 Å². The molecule has 1 amide bonds. The van der Waals surface area contributed by atoms with Crippen molar-refractivity contribution in [1.82, 2.24) is 20.1 Å². The normalized spacial score (nSPS) is 21.8. The summed E-state index contributed by atoms with van der Waals surface area (Å²) in [5, 5.41) is 3.46. The van der Waals surface area contributed by atoms with Crippen molar-refractivity contribution in [3.05, 3.63) is 23.5 Å². The summed E-state index contributed by atoms with van der Waals surface area (Å²) in [4.78, 5) is 19.3. The van der Waals surface area contributed by atoms with Gasteiger partial charge in [-0.25, -0.2) is 0 Å². The maximum atomic E-state index is 11.9. The first-order valence-electron chi connectivity index (χ1n) is 7.91. The number of hydrogen-bond acceptors (Lipinski definition) is 3. The van der Waals surface area contributed by atoms with Gasteiger partial charge in [-0.3, -0.25) is 9.69 Å². The van der Waals surface area contributed by atoms with Crippen LogP contribution in [0.5, 0.6) is 0 Å². The molecule has 5 heteroatoms. The Morgan fingerprint density at radius 2 is 2.05 bits per heavy atom. The molecule has 3 heterocycles. The van der Waals surface area contributed by atoms with E-state index in [9.17, 15) is 4.79 Å². The molecule has 21 heavy (non-hydrogen) atoms. The van der Waals surface area contributed by atoms with Crippen molar-refractivity contribution in [3.63, 3.8) is 0 Å². The highest BCUT2D eigenvalue weighted by atomic mass is 16.2. The molecule has 0 unspecified atom stereocenters. The van der Waals surface area contributed by atoms with Crippen LogP contribution in [0.15, 0.2) is 12.1 Å². The SMILES string of the molecule is CN(C)C(=O)c1ccc(CN2CCC3(CCNCC3)C2)[nH]1. The maximum Gasteiger partial charge on any atom is 0.269 e. The highest BCUT2D eigenvalue weighted by Crippen LogP contribution is 2.38. The summed E-state index contributed by atoms with van der Waals surface area (Å²) in [6, 6.07) is 3.94. The monoisotopic (exact) mass is 290 g/mol. The standard InChI is InChI=1S/C16H26N4O/c1-19(2)15(21)14-4-3-13(18-14)11-20-10-7-16(12-20)5-8-17-9-6-16/h3-4,17-18H,5-12H2,1-2H3. The average molecular weight is 290 g/mol. The van der Waals surface area contributed by atoms with Crippen molar-refractivity contribution < 1.29 is 4.79 Å². The van der Waals surface area contributed by atoms with E-state index in [0.29, 0.717) is 11.1 Å². The van der Waals surface area contributed by atoms with Gasteiger partial charge in [-0.2, -0.15) is 0 Å². The number of aromatic amines is 1. The van der Waals surface area contributed by atoms with Crippen molar-refractivity contribution in [2.45, 2.75) is 25.8 Å². The fourth-order valence-electron chi connectivity index (χ4n) is 3.67. The molecule has 116 valence electrons. The Labute approximate surface area is 126 Å². The van der Waals surface area contributed by atoms with Gasteiger partial charge in [-0.05, 0) is 56.4 Å². The van der Waals surface area contributed by atoms with Crippen LogP contribution in [0.1, 0.15) is 35.4 Å². The Bertz CT molecular complexity index is 502. The van der Waals surface area contributed by atoms with Gasteiger partial charge < -0.3 is 15.2 Å². The van der Waals surface area contributed by atoms with E-state index in [1.807, 2.05) is 12.1 Å². The van der Waals surface area contributed by atoms with Crippen molar-refractivity contribution in [3.8, 4) is 0 Å². The summed E-state index contributed by atoms with van der Waals surface area (Å²) in [6.45, 7) is 5.63. The predicted molar refractivity (Wildman–Crippen MR) is 83.2 cm³/mol. The molecule has 1 aromatic heterocycles. The first kappa shape index (κ1) is 14.6. The molecule has 0 atom stereocenters. The Balaban J connectivity index is 1.59. The van der Waals surface area contributed by atoms with Crippen LogP contribution < -0.4 is 5.32 Å². The third kappa shape index (κ3) is 3.14. The molecule has 2 N–H and O–H groups in total. The highest BCUT2D eigenvalue weighted by molar-refractivity contribution is 5.92. The number of aromatic nitrogens is 1. The summed E-state index contributed by atoms with van der Waals surface area (Å²) < 4.78 is 0. The highest BCUT2D eigenvalue weighted by Gasteiger charge is 2.38. The lowest BCUT2D eigenvalue weighted by Gasteiger charge is -2.33. The topological polar surface area (TPSA) is 51.4 Å². The fourth-order valence-corrected chi connectivity index (χ4v) is 3.67. The summed E-state index contributed by atoms with van der Waals surface area (Å²) in [7, 11) is 3.56. The molecule has 5 nitrogen and oxygen atoms in total. The molecule has 2 fully saturated rings. The number of H-pyrrole nitrogens is 1. The van der Waals surface area contributed by atoms with Gasteiger partial charge in [0.15, 0.2) is 0 Å². The number of carbonyl (C=O) groups excluding carboxylic acids is 1. The molecule has 1 spiro atoms. The number of piperidine rings is 1. The van der Waals surface area contributed by atoms with E-state index < -0.39 is 0 Å². The van der Waals surface area contributed by atoms with Gasteiger partial charge in [0.25, 0.3) is 5.91 Å². The van der Waals surface area contributed by atoms with Crippen molar-refractivity contribution in [2.75, 3.05) is 40.3 Å². The second-order valence-electron chi connectivity index (χ2n) is 6.81. The summed E-state index contributed by atoms with van der Waals surface area (Å²) >= 11 is 0. The first-order valence-corrected chi connectivity index (χ1v) is 7.91. The minimum atomic E-state index is 0.0393. The Morgan fingerprint density at radius 1 is 1.29 bits per heavy atom. The number of carbonyl (C=O) groups is 1. The summed E-state index contributed by atoms with van der Waals surface area (Å²) in [5.41, 5.74) is 2.37. The Hall–Kier alpha value is -1.33. The molecule has 0 bridgehead atoms. The lowest BCUT2D eigenvalue weighted by molar-refractivity contribution is 0.0822. The number of nitrogens with zero attached hydrogens (tertiary/aromatic N) is 2. The maximum absolute atomic E-state index is 11.9. The second kappa shape index (κ2) is 5.81. The van der Waals surface area contributed by atoms with Crippen molar-refractivity contribution >= 4 is 5.91 Å². The molecule has 2 aliphatic rings. The predicted octanol–water partition coefficient (Wildman–Crippen LogP) is 1.29. The number of nitrogens with one attached hydrogen (secondary N) is 2. The smallest absolute Gasteiger partial charge is 0.269 e. The largest absolute Gasteiger partial charge is 0.353 e. The molecular weight excluding hydrogens is 264 g/mol. The van der Waals surface area contributed by atoms with E-state index in [0.717, 1.165) is 25.3 Å². The van der Waals surface area contributed by atoms with Gasteiger partial charge in [-0.1, -0.05) is 0 Å². The third-order valence-corrected chi connectivity index (χ3v) is 4.96. The lowest BCUT2D eigenvalue weighted by Crippen LogP contribution is -2.38. The van der Waals surface area contributed by atoms with Crippen LogP contribution in [0.25, 0.3) is 0 Å². The van der Waals surface area contributed by atoms with E-state index in [1.54, 1.807) is 19.0 Å². The molecular formula is C16H26N4O. The van der Waals surface area contributed by atoms with Gasteiger partial charge >= 0.3 is 0 Å². The van der Waals surface area contributed by atoms with Crippen LogP contribution in [0.2, 0.25) is 0 Å². The van der Waals surface area contributed by atoms with Gasteiger partial charge in [0, 0.05) is 32.9 Å². The van der Waals surface area contributed by atoms with E-state index in [-0.39, 0.29) is 5.91 Å². The molecule has 2 aliphatic heterocycles. The quantitative estimate of drug-likeness (QED) is 0.882. The van der Waals surface area contributed by atoms with E-state index >= 15 is 0 Å². The number of amides is 1. The van der Waals surface area contributed by atoms with Crippen LogP contribution in [0.4, 0.5) is 0 Å². The molecule has 1 aromatic rings. The minimum absolute atomic E-state index is 0.0393. The van der Waals surface area contributed by atoms with Gasteiger partial charge in [0.2, 0.25) is 0 Å². The van der Waals surface area contributed by atoms with Crippen LogP contribution in [0.3, 0.4) is 0 Å². The molecule has 2 saturated heterocycles. The zero-order valence-electron chi connectivity index (χ0n) is 13.1. The number of hydrogen-bond donors (Lipinski definition) is 2. The van der Waals surface area contributed by atoms with E-state index in [4.69, 9.17) is 0 Å². The molecule has 0 aromatic carbocycles.